The Morgan fingerprint density at radius 1 is 1.17 bits per heavy atom. The lowest BCUT2D eigenvalue weighted by Crippen LogP contribution is -2.07. The number of carbonyl (C=O) groups is 1. The molecular weight excluding hydrogens is 294 g/mol. The van der Waals surface area contributed by atoms with E-state index >= 15 is 0 Å². The van der Waals surface area contributed by atoms with Crippen LogP contribution in [0.5, 0.6) is 17.2 Å². The third kappa shape index (κ3) is 4.78. The molecule has 1 amide bonds. The number of ether oxygens (including phenoxy) is 2. The molecule has 0 saturated carbocycles. The van der Waals surface area contributed by atoms with Crippen LogP contribution in [-0.4, -0.2) is 24.7 Å². The summed E-state index contributed by atoms with van der Waals surface area (Å²) in [5, 5.41) is 11.9. The van der Waals surface area contributed by atoms with E-state index in [1.54, 1.807) is 37.5 Å². The molecule has 5 nitrogen and oxygen atoms in total. The summed E-state index contributed by atoms with van der Waals surface area (Å²) < 4.78 is 10.7. The number of phenols is 1. The largest absolute Gasteiger partial charge is 0.508 e. The van der Waals surface area contributed by atoms with E-state index < -0.39 is 0 Å². The Morgan fingerprint density at radius 3 is 2.57 bits per heavy atom. The first kappa shape index (κ1) is 16.4. The maximum Gasteiger partial charge on any atom is 0.248 e. The highest BCUT2D eigenvalue weighted by molar-refractivity contribution is 6.01. The van der Waals surface area contributed by atoms with Crippen LogP contribution in [0.4, 0.5) is 5.69 Å². The van der Waals surface area contributed by atoms with Crippen molar-refractivity contribution in [1.82, 2.24) is 0 Å². The van der Waals surface area contributed by atoms with Gasteiger partial charge in [-0.2, -0.15) is 0 Å². The van der Waals surface area contributed by atoms with Crippen LogP contribution in [0.15, 0.2) is 48.5 Å². The number of aromatic hydroxyl groups is 1. The number of hydrogen-bond acceptors (Lipinski definition) is 4. The lowest BCUT2D eigenvalue weighted by molar-refractivity contribution is -0.111. The Kier molecular flexibility index (Phi) is 5.63. The second-order valence-electron chi connectivity index (χ2n) is 4.71. The fraction of sp³-hybridized carbons (Fsp3) is 0.167. The molecule has 0 saturated heterocycles. The van der Waals surface area contributed by atoms with E-state index in [-0.39, 0.29) is 11.7 Å². The summed E-state index contributed by atoms with van der Waals surface area (Å²) in [4.78, 5) is 11.9. The fourth-order valence-corrected chi connectivity index (χ4v) is 1.96. The first-order valence-corrected chi connectivity index (χ1v) is 7.21. The minimum atomic E-state index is -0.261. The summed E-state index contributed by atoms with van der Waals surface area (Å²) >= 11 is 0. The van der Waals surface area contributed by atoms with Gasteiger partial charge in [-0.15, -0.1) is 0 Å². The molecule has 0 atom stereocenters. The van der Waals surface area contributed by atoms with Gasteiger partial charge in [0.15, 0.2) is 11.5 Å². The van der Waals surface area contributed by atoms with Gasteiger partial charge in [0.2, 0.25) is 5.91 Å². The quantitative estimate of drug-likeness (QED) is 0.633. The molecule has 2 aromatic carbocycles. The maximum absolute atomic E-state index is 11.9. The highest BCUT2D eigenvalue weighted by atomic mass is 16.5. The number of methoxy groups -OCH3 is 1. The minimum absolute atomic E-state index is 0.153. The van der Waals surface area contributed by atoms with Gasteiger partial charge in [-0.05, 0) is 55.0 Å². The minimum Gasteiger partial charge on any atom is -0.508 e. The molecule has 2 N–H and O–H groups in total. The van der Waals surface area contributed by atoms with Gasteiger partial charge in [-0.3, -0.25) is 4.79 Å². The van der Waals surface area contributed by atoms with E-state index in [1.807, 2.05) is 13.0 Å². The van der Waals surface area contributed by atoms with Crippen LogP contribution < -0.4 is 14.8 Å². The molecule has 0 aliphatic heterocycles. The zero-order valence-corrected chi connectivity index (χ0v) is 13.1. The molecule has 2 rings (SSSR count). The lowest BCUT2D eigenvalue weighted by atomic mass is 10.2. The van der Waals surface area contributed by atoms with Crippen LogP contribution in [0, 0.1) is 0 Å². The lowest BCUT2D eigenvalue weighted by Gasteiger charge is -2.09. The topological polar surface area (TPSA) is 67.8 Å². The SMILES string of the molecule is CCOc1ccc(/C=C/C(=O)Nc2ccc(O)cc2)cc1OC. The second kappa shape index (κ2) is 7.89. The van der Waals surface area contributed by atoms with Crippen molar-refractivity contribution >= 4 is 17.7 Å². The molecule has 0 fully saturated rings. The Hall–Kier alpha value is -2.95. The van der Waals surface area contributed by atoms with Gasteiger partial charge in [0.05, 0.1) is 13.7 Å². The summed E-state index contributed by atoms with van der Waals surface area (Å²) in [6.45, 7) is 2.46. The van der Waals surface area contributed by atoms with E-state index in [0.29, 0.717) is 23.8 Å². The van der Waals surface area contributed by atoms with Crippen molar-refractivity contribution in [2.45, 2.75) is 6.92 Å². The highest BCUT2D eigenvalue weighted by Gasteiger charge is 2.04. The number of phenolic OH excluding ortho intramolecular Hbond substituents is 1. The zero-order valence-electron chi connectivity index (χ0n) is 13.1. The van der Waals surface area contributed by atoms with Crippen molar-refractivity contribution in [3.8, 4) is 17.2 Å². The van der Waals surface area contributed by atoms with Crippen molar-refractivity contribution < 1.29 is 19.4 Å². The predicted molar refractivity (Wildman–Crippen MR) is 89.9 cm³/mol. The van der Waals surface area contributed by atoms with Gasteiger partial charge in [0, 0.05) is 11.8 Å². The molecule has 0 unspecified atom stereocenters. The van der Waals surface area contributed by atoms with E-state index in [0.717, 1.165) is 5.56 Å². The van der Waals surface area contributed by atoms with Crippen LogP contribution >= 0.6 is 0 Å². The summed E-state index contributed by atoms with van der Waals surface area (Å²) in [5.74, 6) is 1.18. The molecule has 0 spiro atoms. The molecule has 23 heavy (non-hydrogen) atoms. The molecule has 0 aliphatic carbocycles. The van der Waals surface area contributed by atoms with Gasteiger partial charge >= 0.3 is 0 Å². The molecule has 0 heterocycles. The van der Waals surface area contributed by atoms with Gasteiger partial charge < -0.3 is 19.9 Å². The van der Waals surface area contributed by atoms with E-state index in [4.69, 9.17) is 9.47 Å². The summed E-state index contributed by atoms with van der Waals surface area (Å²) in [6, 6.07) is 11.7. The molecule has 0 radical (unpaired) electrons. The van der Waals surface area contributed by atoms with Crippen LogP contribution in [0.25, 0.3) is 6.08 Å². The second-order valence-corrected chi connectivity index (χ2v) is 4.71. The maximum atomic E-state index is 11.9. The van der Waals surface area contributed by atoms with Crippen molar-refractivity contribution in [1.29, 1.82) is 0 Å². The van der Waals surface area contributed by atoms with E-state index in [9.17, 15) is 9.90 Å². The molecule has 2 aromatic rings. The Balaban J connectivity index is 2.04. The van der Waals surface area contributed by atoms with Crippen LogP contribution in [0.3, 0.4) is 0 Å². The standard InChI is InChI=1S/C18H19NO4/c1-3-23-16-10-4-13(12-17(16)22-2)5-11-18(21)19-14-6-8-15(20)9-7-14/h4-12,20H,3H2,1-2H3,(H,19,21)/b11-5+. The summed E-state index contributed by atoms with van der Waals surface area (Å²) in [7, 11) is 1.57. The number of carbonyl (C=O) groups excluding carboxylic acids is 1. The normalized spacial score (nSPS) is 10.5. The zero-order chi connectivity index (χ0) is 16.7. The smallest absolute Gasteiger partial charge is 0.248 e. The first-order chi connectivity index (χ1) is 11.1. The molecular formula is C18H19NO4. The van der Waals surface area contributed by atoms with Crippen molar-refractivity contribution in [2.75, 3.05) is 19.0 Å². The van der Waals surface area contributed by atoms with Crippen LogP contribution in [0.1, 0.15) is 12.5 Å². The Labute approximate surface area is 135 Å². The van der Waals surface area contributed by atoms with Crippen LogP contribution in [-0.2, 0) is 4.79 Å². The van der Waals surface area contributed by atoms with Crippen LogP contribution in [0.2, 0.25) is 0 Å². The molecule has 0 aliphatic rings. The van der Waals surface area contributed by atoms with E-state index in [1.165, 1.54) is 18.2 Å². The number of anilines is 1. The Bertz CT molecular complexity index is 693. The Morgan fingerprint density at radius 2 is 1.91 bits per heavy atom. The highest BCUT2D eigenvalue weighted by Crippen LogP contribution is 2.28. The predicted octanol–water partition coefficient (Wildman–Crippen LogP) is 3.45. The average molecular weight is 313 g/mol. The third-order valence-electron chi connectivity index (χ3n) is 3.05. The monoisotopic (exact) mass is 313 g/mol. The number of amides is 1. The molecule has 0 aromatic heterocycles. The number of nitrogens with one attached hydrogen (secondary N) is 1. The average Bonchev–Trinajstić information content (AvgIpc) is 2.56. The van der Waals surface area contributed by atoms with Gasteiger partial charge in [0.1, 0.15) is 5.75 Å². The van der Waals surface area contributed by atoms with Crippen molar-refractivity contribution in [3.05, 3.63) is 54.1 Å². The first-order valence-electron chi connectivity index (χ1n) is 7.21. The number of benzene rings is 2. The summed E-state index contributed by atoms with van der Waals surface area (Å²) in [5.41, 5.74) is 1.44. The third-order valence-corrected chi connectivity index (χ3v) is 3.05. The fourth-order valence-electron chi connectivity index (χ4n) is 1.96. The molecule has 0 bridgehead atoms. The van der Waals surface area contributed by atoms with Gasteiger partial charge in [-0.25, -0.2) is 0 Å². The number of rotatable bonds is 6. The van der Waals surface area contributed by atoms with Gasteiger partial charge in [0.25, 0.3) is 0 Å². The van der Waals surface area contributed by atoms with Gasteiger partial charge in [-0.1, -0.05) is 6.07 Å². The summed E-state index contributed by atoms with van der Waals surface area (Å²) in [6.07, 6.45) is 3.12. The van der Waals surface area contributed by atoms with Crippen molar-refractivity contribution in [3.63, 3.8) is 0 Å². The molecule has 120 valence electrons. The van der Waals surface area contributed by atoms with Crippen molar-refractivity contribution in [2.24, 2.45) is 0 Å². The number of hydrogen-bond donors (Lipinski definition) is 2. The molecule has 5 heteroatoms. The van der Waals surface area contributed by atoms with E-state index in [2.05, 4.69) is 5.32 Å².